The Kier molecular flexibility index (Phi) is 6.81. The molecule has 1 fully saturated rings. The minimum Gasteiger partial charge on any atom is -0.379 e. The fourth-order valence-corrected chi connectivity index (χ4v) is 3.76. The van der Waals surface area contributed by atoms with E-state index in [1.807, 2.05) is 32.0 Å². The van der Waals surface area contributed by atoms with Crippen LogP contribution < -0.4 is 5.32 Å². The number of nitro groups is 1. The molecular weight excluding hydrogens is 422 g/mol. The Morgan fingerprint density at radius 3 is 2.64 bits per heavy atom. The zero-order valence-electron chi connectivity index (χ0n) is 18.8. The molecule has 4 rings (SSSR count). The highest BCUT2D eigenvalue weighted by molar-refractivity contribution is 5.94. The van der Waals surface area contributed by atoms with Gasteiger partial charge in [0, 0.05) is 43.9 Å². The monoisotopic (exact) mass is 449 g/mol. The molecule has 0 unspecified atom stereocenters. The fourth-order valence-electron chi connectivity index (χ4n) is 3.76. The van der Waals surface area contributed by atoms with Crippen molar-refractivity contribution in [1.29, 1.82) is 0 Å². The van der Waals surface area contributed by atoms with Gasteiger partial charge in [0.05, 0.1) is 29.5 Å². The number of ether oxygens (including phenoxy) is 1. The van der Waals surface area contributed by atoms with Crippen molar-refractivity contribution in [3.8, 4) is 16.9 Å². The van der Waals surface area contributed by atoms with E-state index < -0.39 is 4.92 Å². The number of nitro benzene ring substituents is 1. The maximum atomic E-state index is 13.1. The number of nitrogens with one attached hydrogen (secondary N) is 1. The number of morpholine rings is 1. The summed E-state index contributed by atoms with van der Waals surface area (Å²) in [5, 5.41) is 18.9. The summed E-state index contributed by atoms with van der Waals surface area (Å²) in [5.74, 6) is -0.280. The molecule has 0 bridgehead atoms. The predicted molar refractivity (Wildman–Crippen MR) is 125 cm³/mol. The van der Waals surface area contributed by atoms with Crippen molar-refractivity contribution >= 4 is 11.6 Å². The molecule has 0 atom stereocenters. The van der Waals surface area contributed by atoms with Gasteiger partial charge in [0.1, 0.15) is 5.69 Å². The quantitative estimate of drug-likeness (QED) is 0.439. The molecule has 2 heterocycles. The van der Waals surface area contributed by atoms with Crippen LogP contribution in [0.4, 0.5) is 5.69 Å². The molecule has 1 aliphatic rings. The molecule has 9 heteroatoms. The molecule has 2 aromatic carbocycles. The SMILES string of the molecule is Cc1ccc(-c2cc(C(=O)NCCN3CCOCC3)n(-c3cccc([N+](=O)[O-])c3)n2)cc1C. The van der Waals surface area contributed by atoms with Crippen LogP contribution in [0.1, 0.15) is 21.6 Å². The summed E-state index contributed by atoms with van der Waals surface area (Å²) in [7, 11) is 0. The van der Waals surface area contributed by atoms with E-state index >= 15 is 0 Å². The molecule has 9 nitrogen and oxygen atoms in total. The number of carbonyl (C=O) groups is 1. The molecule has 0 spiro atoms. The average molecular weight is 450 g/mol. The standard InChI is InChI=1S/C24H27N5O4/c1-17-6-7-19(14-18(17)2)22-16-23(24(30)25-8-9-27-10-12-33-13-11-27)28(26-22)20-4-3-5-21(15-20)29(31)32/h3-7,14-16H,8-13H2,1-2H3,(H,25,30). The molecule has 0 radical (unpaired) electrons. The van der Waals surface area contributed by atoms with Gasteiger partial charge in [-0.25, -0.2) is 4.68 Å². The molecule has 1 N–H and O–H groups in total. The van der Waals surface area contributed by atoms with Crippen molar-refractivity contribution in [3.63, 3.8) is 0 Å². The van der Waals surface area contributed by atoms with Gasteiger partial charge in [0.25, 0.3) is 11.6 Å². The third kappa shape index (κ3) is 5.27. The van der Waals surface area contributed by atoms with Gasteiger partial charge in [0.15, 0.2) is 0 Å². The number of hydrogen-bond acceptors (Lipinski definition) is 6. The Morgan fingerprint density at radius 2 is 1.91 bits per heavy atom. The lowest BCUT2D eigenvalue weighted by atomic mass is 10.0. The highest BCUT2D eigenvalue weighted by Crippen LogP contribution is 2.25. The average Bonchev–Trinajstić information content (AvgIpc) is 3.27. The Morgan fingerprint density at radius 1 is 1.12 bits per heavy atom. The van der Waals surface area contributed by atoms with Crippen LogP contribution in [0.5, 0.6) is 0 Å². The number of benzene rings is 2. The van der Waals surface area contributed by atoms with Crippen LogP contribution in [0.15, 0.2) is 48.5 Å². The minimum absolute atomic E-state index is 0.0607. The molecule has 172 valence electrons. The van der Waals surface area contributed by atoms with E-state index in [0.29, 0.717) is 36.8 Å². The van der Waals surface area contributed by atoms with Crippen LogP contribution in [0.25, 0.3) is 16.9 Å². The topological polar surface area (TPSA) is 103 Å². The van der Waals surface area contributed by atoms with Gasteiger partial charge in [-0.1, -0.05) is 18.2 Å². The van der Waals surface area contributed by atoms with Crippen LogP contribution in [0.2, 0.25) is 0 Å². The summed E-state index contributed by atoms with van der Waals surface area (Å²) in [6.45, 7) is 8.36. The summed E-state index contributed by atoms with van der Waals surface area (Å²) in [6.07, 6.45) is 0. The van der Waals surface area contributed by atoms with Gasteiger partial charge in [-0.15, -0.1) is 0 Å². The van der Waals surface area contributed by atoms with E-state index in [-0.39, 0.29) is 11.6 Å². The summed E-state index contributed by atoms with van der Waals surface area (Å²) < 4.78 is 6.83. The van der Waals surface area contributed by atoms with Gasteiger partial charge >= 0.3 is 0 Å². The Hall–Kier alpha value is -3.56. The smallest absolute Gasteiger partial charge is 0.271 e. The first kappa shape index (κ1) is 22.6. The predicted octanol–water partition coefficient (Wildman–Crippen LogP) is 3.13. The zero-order chi connectivity index (χ0) is 23.4. The molecule has 1 amide bonds. The number of hydrogen-bond donors (Lipinski definition) is 1. The van der Waals surface area contributed by atoms with Crippen molar-refractivity contribution in [2.45, 2.75) is 13.8 Å². The van der Waals surface area contributed by atoms with Crippen LogP contribution >= 0.6 is 0 Å². The molecular formula is C24H27N5O4. The lowest BCUT2D eigenvalue weighted by Gasteiger charge is -2.26. The molecule has 1 aliphatic heterocycles. The highest BCUT2D eigenvalue weighted by atomic mass is 16.6. The minimum atomic E-state index is -0.459. The number of aromatic nitrogens is 2. The Balaban J connectivity index is 1.64. The lowest BCUT2D eigenvalue weighted by Crippen LogP contribution is -2.41. The van der Waals surface area contributed by atoms with Crippen LogP contribution in [0.3, 0.4) is 0 Å². The summed E-state index contributed by atoms with van der Waals surface area (Å²) >= 11 is 0. The number of carbonyl (C=O) groups excluding carboxylic acids is 1. The number of amides is 1. The fraction of sp³-hybridized carbons (Fsp3) is 0.333. The Bertz CT molecular complexity index is 1170. The van der Waals surface area contributed by atoms with Gasteiger partial charge < -0.3 is 10.1 Å². The van der Waals surface area contributed by atoms with Crippen molar-refractivity contribution in [2.24, 2.45) is 0 Å². The first-order valence-electron chi connectivity index (χ1n) is 10.9. The van der Waals surface area contributed by atoms with E-state index in [0.717, 1.165) is 36.3 Å². The third-order valence-corrected chi connectivity index (χ3v) is 5.85. The molecule has 1 aromatic heterocycles. The molecule has 3 aromatic rings. The first-order valence-corrected chi connectivity index (χ1v) is 10.9. The number of nitrogens with zero attached hydrogens (tertiary/aromatic N) is 4. The first-order chi connectivity index (χ1) is 15.9. The molecule has 0 saturated carbocycles. The van der Waals surface area contributed by atoms with Crippen molar-refractivity contribution in [2.75, 3.05) is 39.4 Å². The molecule has 1 saturated heterocycles. The van der Waals surface area contributed by atoms with E-state index in [1.54, 1.807) is 18.2 Å². The van der Waals surface area contributed by atoms with Crippen molar-refractivity contribution in [3.05, 3.63) is 75.5 Å². The van der Waals surface area contributed by atoms with Gasteiger partial charge in [0.2, 0.25) is 0 Å². The molecule has 0 aliphatic carbocycles. The van der Waals surface area contributed by atoms with Crippen LogP contribution in [-0.4, -0.2) is 64.9 Å². The van der Waals surface area contributed by atoms with Gasteiger partial charge in [-0.2, -0.15) is 5.10 Å². The highest BCUT2D eigenvalue weighted by Gasteiger charge is 2.20. The second-order valence-corrected chi connectivity index (χ2v) is 8.11. The maximum Gasteiger partial charge on any atom is 0.271 e. The Labute approximate surface area is 192 Å². The van der Waals surface area contributed by atoms with E-state index in [9.17, 15) is 14.9 Å². The van der Waals surface area contributed by atoms with E-state index in [4.69, 9.17) is 4.74 Å². The third-order valence-electron chi connectivity index (χ3n) is 5.85. The van der Waals surface area contributed by atoms with E-state index in [1.165, 1.54) is 16.8 Å². The van der Waals surface area contributed by atoms with E-state index in [2.05, 4.69) is 15.3 Å². The number of aryl methyl sites for hydroxylation is 2. The second-order valence-electron chi connectivity index (χ2n) is 8.11. The normalized spacial score (nSPS) is 14.2. The van der Waals surface area contributed by atoms with Crippen molar-refractivity contribution < 1.29 is 14.5 Å². The van der Waals surface area contributed by atoms with Crippen LogP contribution in [-0.2, 0) is 4.74 Å². The number of rotatable bonds is 7. The molecule has 33 heavy (non-hydrogen) atoms. The summed E-state index contributed by atoms with van der Waals surface area (Å²) in [4.78, 5) is 26.2. The van der Waals surface area contributed by atoms with Gasteiger partial charge in [-0.3, -0.25) is 19.8 Å². The largest absolute Gasteiger partial charge is 0.379 e. The van der Waals surface area contributed by atoms with Crippen LogP contribution in [0, 0.1) is 24.0 Å². The summed E-state index contributed by atoms with van der Waals surface area (Å²) in [5.41, 5.74) is 4.51. The van der Waals surface area contributed by atoms with Gasteiger partial charge in [-0.05, 0) is 43.2 Å². The maximum absolute atomic E-state index is 13.1. The number of non-ortho nitro benzene ring substituents is 1. The lowest BCUT2D eigenvalue weighted by molar-refractivity contribution is -0.384. The zero-order valence-corrected chi connectivity index (χ0v) is 18.8. The second kappa shape index (κ2) is 9.93. The summed E-state index contributed by atoms with van der Waals surface area (Å²) in [6, 6.07) is 13.9. The van der Waals surface area contributed by atoms with Crippen molar-refractivity contribution in [1.82, 2.24) is 20.0 Å².